The Kier molecular flexibility index (Phi) is 5.37. The summed E-state index contributed by atoms with van der Waals surface area (Å²) < 4.78 is 32.9. The molecule has 1 amide bonds. The third-order valence-electron chi connectivity index (χ3n) is 5.03. The van der Waals surface area contributed by atoms with Gasteiger partial charge in [0.05, 0.1) is 5.56 Å². The highest BCUT2D eigenvalue weighted by molar-refractivity contribution is 6.74. The first-order valence-electron chi connectivity index (χ1n) is 8.39. The molecule has 1 aromatic carbocycles. The number of hydrogen-bond acceptors (Lipinski definition) is 2. The molecule has 0 N–H and O–H groups in total. The van der Waals surface area contributed by atoms with Crippen LogP contribution in [0.1, 0.15) is 51.2 Å². The van der Waals surface area contributed by atoms with Crippen molar-refractivity contribution in [2.24, 2.45) is 0 Å². The van der Waals surface area contributed by atoms with Crippen molar-refractivity contribution in [1.82, 2.24) is 4.90 Å². The number of likely N-dealkylation sites (tertiary alicyclic amines) is 1. The predicted molar refractivity (Wildman–Crippen MR) is 93.9 cm³/mol. The van der Waals surface area contributed by atoms with E-state index in [1.807, 2.05) is 13.1 Å². The van der Waals surface area contributed by atoms with Crippen LogP contribution in [0.4, 0.5) is 8.78 Å². The topological polar surface area (TPSA) is 29.5 Å². The molecule has 24 heavy (non-hydrogen) atoms. The summed E-state index contributed by atoms with van der Waals surface area (Å²) >= 11 is 0. The standard InChI is InChI=1S/C18H27F2NO2Si/c1-18(2,3)24(4,5)23-15-11-13(8-9-14(15)17(19)20)12-21-10-6-7-16(21)22/h8-9,11,17H,6-7,10,12H2,1-5H3. The van der Waals surface area contributed by atoms with E-state index in [1.165, 1.54) is 6.07 Å². The van der Waals surface area contributed by atoms with Crippen molar-refractivity contribution in [1.29, 1.82) is 0 Å². The van der Waals surface area contributed by atoms with Crippen molar-refractivity contribution in [3.8, 4) is 5.75 Å². The Hall–Kier alpha value is -1.43. The number of nitrogens with zero attached hydrogens (tertiary/aromatic N) is 1. The quantitative estimate of drug-likeness (QED) is 0.685. The molecule has 1 aliphatic heterocycles. The second-order valence-corrected chi connectivity index (χ2v) is 12.7. The van der Waals surface area contributed by atoms with Gasteiger partial charge in [-0.05, 0) is 42.2 Å². The van der Waals surface area contributed by atoms with Crippen LogP contribution < -0.4 is 4.43 Å². The maximum atomic E-state index is 13.4. The first-order valence-corrected chi connectivity index (χ1v) is 11.3. The Balaban J connectivity index is 2.29. The number of halogens is 2. The highest BCUT2D eigenvalue weighted by Gasteiger charge is 2.39. The van der Waals surface area contributed by atoms with Crippen molar-refractivity contribution in [3.63, 3.8) is 0 Å². The van der Waals surface area contributed by atoms with Gasteiger partial charge in [-0.25, -0.2) is 8.78 Å². The van der Waals surface area contributed by atoms with Crippen molar-refractivity contribution in [2.75, 3.05) is 6.54 Å². The molecular weight excluding hydrogens is 328 g/mol. The van der Waals surface area contributed by atoms with E-state index in [9.17, 15) is 13.6 Å². The van der Waals surface area contributed by atoms with E-state index in [0.717, 1.165) is 18.5 Å². The summed E-state index contributed by atoms with van der Waals surface area (Å²) in [6.45, 7) is 11.5. The minimum absolute atomic E-state index is 0.0728. The minimum atomic E-state index is -2.58. The van der Waals surface area contributed by atoms with Gasteiger partial charge in [-0.1, -0.05) is 26.8 Å². The highest BCUT2D eigenvalue weighted by atomic mass is 28.4. The molecule has 1 aromatic rings. The monoisotopic (exact) mass is 355 g/mol. The van der Waals surface area contributed by atoms with Gasteiger partial charge in [0.15, 0.2) is 0 Å². The minimum Gasteiger partial charge on any atom is -0.543 e. The molecule has 0 saturated carbocycles. The lowest BCUT2D eigenvalue weighted by Gasteiger charge is -2.37. The Bertz CT molecular complexity index is 612. The molecule has 0 radical (unpaired) electrons. The SMILES string of the molecule is CC(C)(C)[Si](C)(C)Oc1cc(CN2CCCC2=O)ccc1C(F)F. The Morgan fingerprint density at radius 2 is 1.96 bits per heavy atom. The molecule has 0 aliphatic carbocycles. The van der Waals surface area contributed by atoms with E-state index >= 15 is 0 Å². The van der Waals surface area contributed by atoms with Gasteiger partial charge < -0.3 is 9.33 Å². The summed E-state index contributed by atoms with van der Waals surface area (Å²) in [5.74, 6) is 0.389. The van der Waals surface area contributed by atoms with Gasteiger partial charge in [0.1, 0.15) is 5.75 Å². The van der Waals surface area contributed by atoms with Crippen LogP contribution in [0.15, 0.2) is 18.2 Å². The van der Waals surface area contributed by atoms with Gasteiger partial charge in [0.2, 0.25) is 14.2 Å². The second kappa shape index (κ2) is 6.82. The van der Waals surface area contributed by atoms with Gasteiger partial charge in [-0.15, -0.1) is 0 Å². The second-order valence-electron chi connectivity index (χ2n) is 7.95. The predicted octanol–water partition coefficient (Wildman–Crippen LogP) is 5.13. The normalized spacial score (nSPS) is 16.2. The largest absolute Gasteiger partial charge is 0.543 e. The number of hydrogen-bond donors (Lipinski definition) is 0. The molecule has 1 heterocycles. The molecule has 3 nitrogen and oxygen atoms in total. The highest BCUT2D eigenvalue weighted by Crippen LogP contribution is 2.40. The molecule has 2 rings (SSSR count). The molecule has 0 unspecified atom stereocenters. The lowest BCUT2D eigenvalue weighted by Crippen LogP contribution is -2.44. The summed E-state index contributed by atoms with van der Waals surface area (Å²) in [7, 11) is -2.22. The van der Waals surface area contributed by atoms with Crippen molar-refractivity contribution >= 4 is 14.2 Å². The van der Waals surface area contributed by atoms with E-state index in [4.69, 9.17) is 4.43 Å². The van der Waals surface area contributed by atoms with Crippen LogP contribution in [-0.4, -0.2) is 25.7 Å². The van der Waals surface area contributed by atoms with Gasteiger partial charge in [0, 0.05) is 19.5 Å². The zero-order valence-corrected chi connectivity index (χ0v) is 16.2. The summed E-state index contributed by atoms with van der Waals surface area (Å²) in [5.41, 5.74) is 0.764. The average Bonchev–Trinajstić information content (AvgIpc) is 2.82. The molecule has 0 bridgehead atoms. The molecule has 1 aliphatic rings. The maximum Gasteiger partial charge on any atom is 0.267 e. The van der Waals surface area contributed by atoms with Crippen molar-refractivity contribution in [3.05, 3.63) is 29.3 Å². The number of amides is 1. The van der Waals surface area contributed by atoms with Gasteiger partial charge in [0.25, 0.3) is 6.43 Å². The van der Waals surface area contributed by atoms with Crippen LogP contribution in [0.25, 0.3) is 0 Å². The molecule has 1 fully saturated rings. The van der Waals surface area contributed by atoms with Gasteiger partial charge in [-0.3, -0.25) is 4.79 Å². The lowest BCUT2D eigenvalue weighted by molar-refractivity contribution is -0.128. The Morgan fingerprint density at radius 1 is 1.29 bits per heavy atom. The fourth-order valence-corrected chi connectivity index (χ4v) is 3.50. The molecule has 0 spiro atoms. The smallest absolute Gasteiger partial charge is 0.267 e. The molecule has 1 saturated heterocycles. The van der Waals surface area contributed by atoms with Gasteiger partial charge in [-0.2, -0.15) is 0 Å². The summed E-state index contributed by atoms with van der Waals surface area (Å²) in [6.07, 6.45) is -1.14. The van der Waals surface area contributed by atoms with E-state index < -0.39 is 14.7 Å². The number of benzene rings is 1. The Labute approximate surface area is 144 Å². The molecule has 0 aromatic heterocycles. The van der Waals surface area contributed by atoms with Crippen molar-refractivity contribution < 1.29 is 18.0 Å². The zero-order chi connectivity index (χ0) is 18.1. The van der Waals surface area contributed by atoms with E-state index in [-0.39, 0.29) is 22.3 Å². The Morgan fingerprint density at radius 3 is 2.46 bits per heavy atom. The summed E-state index contributed by atoms with van der Waals surface area (Å²) in [6, 6.07) is 4.79. The number of carbonyl (C=O) groups excluding carboxylic acids is 1. The number of alkyl halides is 2. The third-order valence-corrected chi connectivity index (χ3v) is 9.37. The average molecular weight is 356 g/mol. The maximum absolute atomic E-state index is 13.4. The summed E-state index contributed by atoms with van der Waals surface area (Å²) in [4.78, 5) is 13.6. The fraction of sp³-hybridized carbons (Fsp3) is 0.611. The van der Waals surface area contributed by atoms with Crippen LogP contribution in [0.3, 0.4) is 0 Å². The molecular formula is C18H27F2NO2Si. The van der Waals surface area contributed by atoms with E-state index in [2.05, 4.69) is 20.8 Å². The number of rotatable bonds is 5. The summed E-state index contributed by atoms with van der Waals surface area (Å²) in [5, 5.41) is -0.0761. The first kappa shape index (κ1) is 18.9. The van der Waals surface area contributed by atoms with Crippen LogP contribution >= 0.6 is 0 Å². The fourth-order valence-electron chi connectivity index (χ4n) is 2.47. The zero-order valence-electron chi connectivity index (χ0n) is 15.2. The molecule has 0 atom stereocenters. The lowest BCUT2D eigenvalue weighted by atomic mass is 10.1. The van der Waals surface area contributed by atoms with E-state index in [1.54, 1.807) is 17.0 Å². The van der Waals surface area contributed by atoms with Crippen LogP contribution in [0.2, 0.25) is 18.1 Å². The number of carbonyl (C=O) groups is 1. The third kappa shape index (κ3) is 4.15. The van der Waals surface area contributed by atoms with E-state index in [0.29, 0.717) is 13.0 Å². The van der Waals surface area contributed by atoms with Crippen LogP contribution in [-0.2, 0) is 11.3 Å². The van der Waals surface area contributed by atoms with Gasteiger partial charge >= 0.3 is 0 Å². The van der Waals surface area contributed by atoms with Crippen LogP contribution in [0, 0.1) is 0 Å². The molecule has 134 valence electrons. The first-order chi connectivity index (χ1) is 11.0. The van der Waals surface area contributed by atoms with Crippen molar-refractivity contribution in [2.45, 2.75) is 64.7 Å². The van der Waals surface area contributed by atoms with Crippen LogP contribution in [0.5, 0.6) is 5.75 Å². The molecule has 6 heteroatoms.